The Morgan fingerprint density at radius 1 is 1.14 bits per heavy atom. The van der Waals surface area contributed by atoms with Gasteiger partial charge in [0, 0.05) is 17.5 Å². The minimum atomic E-state index is 0.651. The summed E-state index contributed by atoms with van der Waals surface area (Å²) in [5, 5.41) is 0.733. The molecule has 3 rings (SSSR count). The number of hydrogen-bond donors (Lipinski definition) is 0. The molecule has 0 amide bonds. The summed E-state index contributed by atoms with van der Waals surface area (Å²) in [6.07, 6.45) is 1.75. The van der Waals surface area contributed by atoms with E-state index in [0.29, 0.717) is 8.67 Å². The van der Waals surface area contributed by atoms with Crippen molar-refractivity contribution in [2.45, 2.75) is 17.8 Å². The van der Waals surface area contributed by atoms with Crippen molar-refractivity contribution in [2.24, 2.45) is 0 Å². The molecule has 1 aromatic carbocycles. The first-order valence-corrected chi connectivity index (χ1v) is 9.14. The molecule has 0 unspecified atom stereocenters. The molecule has 2 aromatic heterocycles. The van der Waals surface area contributed by atoms with E-state index in [4.69, 9.17) is 23.2 Å². The molecule has 6 heteroatoms. The average Bonchev–Trinajstić information content (AvgIpc) is 2.86. The number of aryl methyl sites for hydroxylation is 1. The zero-order valence-electron chi connectivity index (χ0n) is 11.7. The highest BCUT2D eigenvalue weighted by Crippen LogP contribution is 2.37. The Morgan fingerprint density at radius 2 is 1.91 bits per heavy atom. The highest BCUT2D eigenvalue weighted by atomic mass is 35.5. The number of aromatic nitrogens is 2. The van der Waals surface area contributed by atoms with Gasteiger partial charge in [-0.1, -0.05) is 64.8 Å². The maximum atomic E-state index is 6.19. The van der Waals surface area contributed by atoms with Gasteiger partial charge in [-0.2, -0.15) is 0 Å². The number of hydrogen-bond acceptors (Lipinski definition) is 4. The number of benzene rings is 1. The molecule has 2 nitrogen and oxygen atoms in total. The highest BCUT2D eigenvalue weighted by molar-refractivity contribution is 7.98. The molecule has 0 saturated carbocycles. The lowest BCUT2D eigenvalue weighted by molar-refractivity contribution is 0.973. The summed E-state index contributed by atoms with van der Waals surface area (Å²) in [6.45, 7) is 2.08. The van der Waals surface area contributed by atoms with Gasteiger partial charge >= 0.3 is 0 Å². The van der Waals surface area contributed by atoms with Crippen molar-refractivity contribution >= 4 is 46.3 Å². The average molecular weight is 367 g/mol. The molecule has 2 heterocycles. The van der Waals surface area contributed by atoms with Crippen molar-refractivity contribution in [3.63, 3.8) is 0 Å². The molecular weight excluding hydrogens is 355 g/mol. The summed E-state index contributed by atoms with van der Waals surface area (Å²) >= 11 is 15.1. The van der Waals surface area contributed by atoms with Crippen LogP contribution in [0.1, 0.15) is 11.1 Å². The first-order chi connectivity index (χ1) is 10.6. The second-order valence-corrected chi connectivity index (χ2v) is 7.96. The third kappa shape index (κ3) is 3.82. The Balaban J connectivity index is 1.76. The SMILES string of the molecule is Cc1ccc(CSc2nccc(-c3cc(Cl)sc3Cl)n2)cc1. The van der Waals surface area contributed by atoms with Crippen LogP contribution in [-0.4, -0.2) is 9.97 Å². The largest absolute Gasteiger partial charge is 0.231 e. The van der Waals surface area contributed by atoms with Crippen LogP contribution in [-0.2, 0) is 5.75 Å². The van der Waals surface area contributed by atoms with Crippen LogP contribution in [0, 0.1) is 6.92 Å². The van der Waals surface area contributed by atoms with Crippen LogP contribution in [0.15, 0.2) is 47.8 Å². The Bertz CT molecular complexity index is 785. The van der Waals surface area contributed by atoms with Crippen LogP contribution in [0.3, 0.4) is 0 Å². The Kier molecular flexibility index (Phi) is 5.03. The van der Waals surface area contributed by atoms with Crippen molar-refractivity contribution in [1.82, 2.24) is 9.97 Å². The third-order valence-electron chi connectivity index (χ3n) is 3.05. The first-order valence-electron chi connectivity index (χ1n) is 6.58. The zero-order chi connectivity index (χ0) is 15.5. The fourth-order valence-corrected chi connectivity index (χ4v) is 4.18. The smallest absolute Gasteiger partial charge is 0.188 e. The van der Waals surface area contributed by atoms with Crippen LogP contribution in [0.5, 0.6) is 0 Å². The molecule has 0 aliphatic carbocycles. The van der Waals surface area contributed by atoms with Crippen molar-refractivity contribution in [3.05, 3.63) is 62.4 Å². The van der Waals surface area contributed by atoms with E-state index in [0.717, 1.165) is 22.2 Å². The van der Waals surface area contributed by atoms with Gasteiger partial charge in [-0.3, -0.25) is 0 Å². The number of halogens is 2. The van der Waals surface area contributed by atoms with Gasteiger partial charge in [0.1, 0.15) is 4.34 Å². The normalized spacial score (nSPS) is 10.9. The van der Waals surface area contributed by atoms with Gasteiger partial charge in [-0.05, 0) is 24.6 Å². The van der Waals surface area contributed by atoms with E-state index < -0.39 is 0 Å². The van der Waals surface area contributed by atoms with E-state index in [1.165, 1.54) is 22.5 Å². The molecule has 0 saturated heterocycles. The second kappa shape index (κ2) is 7.01. The lowest BCUT2D eigenvalue weighted by Crippen LogP contribution is -1.90. The van der Waals surface area contributed by atoms with Crippen LogP contribution in [0.2, 0.25) is 8.67 Å². The van der Waals surface area contributed by atoms with E-state index in [9.17, 15) is 0 Å². The molecule has 22 heavy (non-hydrogen) atoms. The minimum absolute atomic E-state index is 0.651. The van der Waals surface area contributed by atoms with E-state index in [2.05, 4.69) is 41.2 Å². The van der Waals surface area contributed by atoms with Crippen molar-refractivity contribution in [2.75, 3.05) is 0 Å². The van der Waals surface area contributed by atoms with Gasteiger partial charge in [-0.15, -0.1) is 11.3 Å². The molecule has 0 aliphatic heterocycles. The van der Waals surface area contributed by atoms with Crippen molar-refractivity contribution < 1.29 is 0 Å². The van der Waals surface area contributed by atoms with E-state index in [1.807, 2.05) is 12.1 Å². The lowest BCUT2D eigenvalue weighted by atomic mass is 10.2. The fraction of sp³-hybridized carbons (Fsp3) is 0.125. The van der Waals surface area contributed by atoms with Crippen LogP contribution >= 0.6 is 46.3 Å². The monoisotopic (exact) mass is 366 g/mol. The summed E-state index contributed by atoms with van der Waals surface area (Å²) in [4.78, 5) is 8.88. The molecule has 0 radical (unpaired) electrons. The van der Waals surface area contributed by atoms with Gasteiger partial charge in [-0.25, -0.2) is 9.97 Å². The predicted octanol–water partition coefficient (Wildman–Crippen LogP) is 6.11. The molecular formula is C16H12Cl2N2S2. The summed E-state index contributed by atoms with van der Waals surface area (Å²) < 4.78 is 1.31. The molecule has 0 spiro atoms. The predicted molar refractivity (Wildman–Crippen MR) is 96.1 cm³/mol. The first kappa shape index (κ1) is 15.8. The maximum absolute atomic E-state index is 6.19. The summed E-state index contributed by atoms with van der Waals surface area (Å²) in [5.74, 6) is 0.835. The zero-order valence-corrected chi connectivity index (χ0v) is 14.9. The van der Waals surface area contributed by atoms with E-state index in [1.54, 1.807) is 18.0 Å². The van der Waals surface area contributed by atoms with Gasteiger partial charge in [0.05, 0.1) is 10.0 Å². The number of thiophene rings is 1. The Labute approximate surface area is 147 Å². The van der Waals surface area contributed by atoms with Gasteiger partial charge in [0.2, 0.25) is 0 Å². The number of rotatable bonds is 4. The summed E-state index contributed by atoms with van der Waals surface area (Å²) in [6, 6.07) is 12.2. The third-order valence-corrected chi connectivity index (χ3v) is 5.47. The lowest BCUT2D eigenvalue weighted by Gasteiger charge is -2.03. The second-order valence-electron chi connectivity index (χ2n) is 4.74. The Hall–Kier alpha value is -1.07. The molecule has 0 fully saturated rings. The molecule has 0 N–H and O–H groups in total. The highest BCUT2D eigenvalue weighted by Gasteiger charge is 2.11. The fourth-order valence-electron chi connectivity index (χ4n) is 1.91. The van der Waals surface area contributed by atoms with Crippen molar-refractivity contribution in [3.8, 4) is 11.3 Å². The van der Waals surface area contributed by atoms with E-state index in [-0.39, 0.29) is 0 Å². The summed E-state index contributed by atoms with van der Waals surface area (Å²) in [5.41, 5.74) is 4.17. The van der Waals surface area contributed by atoms with Crippen molar-refractivity contribution in [1.29, 1.82) is 0 Å². The van der Waals surface area contributed by atoms with Gasteiger partial charge < -0.3 is 0 Å². The molecule has 0 aliphatic rings. The molecule has 0 bridgehead atoms. The molecule has 112 valence electrons. The van der Waals surface area contributed by atoms with E-state index >= 15 is 0 Å². The molecule has 0 atom stereocenters. The quantitative estimate of drug-likeness (QED) is 0.411. The number of nitrogens with zero attached hydrogens (tertiary/aromatic N) is 2. The topological polar surface area (TPSA) is 25.8 Å². The minimum Gasteiger partial charge on any atom is -0.231 e. The van der Waals surface area contributed by atoms with Crippen LogP contribution < -0.4 is 0 Å². The van der Waals surface area contributed by atoms with Crippen LogP contribution in [0.4, 0.5) is 0 Å². The van der Waals surface area contributed by atoms with Crippen LogP contribution in [0.25, 0.3) is 11.3 Å². The van der Waals surface area contributed by atoms with Gasteiger partial charge in [0.25, 0.3) is 0 Å². The van der Waals surface area contributed by atoms with Gasteiger partial charge in [0.15, 0.2) is 5.16 Å². The number of thioether (sulfide) groups is 1. The summed E-state index contributed by atoms with van der Waals surface area (Å²) in [7, 11) is 0. The maximum Gasteiger partial charge on any atom is 0.188 e. The standard InChI is InChI=1S/C16H12Cl2N2S2/c1-10-2-4-11(5-3-10)9-21-16-19-7-6-13(20-16)12-8-14(17)22-15(12)18/h2-8H,9H2,1H3. The Morgan fingerprint density at radius 3 is 2.59 bits per heavy atom. The molecule has 3 aromatic rings.